The SMILES string of the molecule is Cc1cnc(C(=O)OCC(=O)NC(=O)c2cccn2C)cn1. The Morgan fingerprint density at radius 1 is 1.27 bits per heavy atom. The molecule has 2 aromatic heterocycles. The van der Waals surface area contributed by atoms with Crippen LogP contribution in [0, 0.1) is 6.92 Å². The predicted octanol–water partition coefficient (Wildman–Crippen LogP) is 0.237. The summed E-state index contributed by atoms with van der Waals surface area (Å²) in [7, 11) is 1.68. The van der Waals surface area contributed by atoms with Crippen molar-refractivity contribution in [3.8, 4) is 0 Å². The summed E-state index contributed by atoms with van der Waals surface area (Å²) in [5, 5.41) is 2.13. The summed E-state index contributed by atoms with van der Waals surface area (Å²) in [6.07, 6.45) is 4.34. The van der Waals surface area contributed by atoms with Gasteiger partial charge in [0.25, 0.3) is 11.8 Å². The monoisotopic (exact) mass is 302 g/mol. The van der Waals surface area contributed by atoms with Crippen LogP contribution in [0.1, 0.15) is 26.7 Å². The molecule has 0 atom stereocenters. The zero-order valence-corrected chi connectivity index (χ0v) is 12.1. The highest BCUT2D eigenvalue weighted by Gasteiger charge is 2.15. The Balaban J connectivity index is 1.85. The maximum atomic E-state index is 11.8. The second kappa shape index (κ2) is 6.61. The molecule has 0 aliphatic heterocycles. The summed E-state index contributed by atoms with van der Waals surface area (Å²) in [5.74, 6) is -2.07. The fourth-order valence-electron chi connectivity index (χ4n) is 1.63. The zero-order valence-electron chi connectivity index (χ0n) is 12.1. The molecule has 2 rings (SSSR count). The Labute approximate surface area is 126 Å². The van der Waals surface area contributed by atoms with Crippen LogP contribution in [0.5, 0.6) is 0 Å². The Morgan fingerprint density at radius 2 is 2.05 bits per heavy atom. The molecule has 0 spiro atoms. The van der Waals surface area contributed by atoms with Gasteiger partial charge in [-0.1, -0.05) is 0 Å². The first kappa shape index (κ1) is 15.4. The third kappa shape index (κ3) is 3.75. The number of esters is 1. The number of aryl methyl sites for hydroxylation is 2. The highest BCUT2D eigenvalue weighted by molar-refractivity contribution is 6.04. The van der Waals surface area contributed by atoms with Gasteiger partial charge in [-0.15, -0.1) is 0 Å². The first-order chi connectivity index (χ1) is 10.5. The molecular formula is C14H14N4O4. The molecule has 8 heteroatoms. The van der Waals surface area contributed by atoms with Gasteiger partial charge in [0.2, 0.25) is 0 Å². The van der Waals surface area contributed by atoms with Gasteiger partial charge >= 0.3 is 5.97 Å². The highest BCUT2D eigenvalue weighted by Crippen LogP contribution is 2.00. The zero-order chi connectivity index (χ0) is 16.1. The van der Waals surface area contributed by atoms with Crippen molar-refractivity contribution in [2.24, 2.45) is 7.05 Å². The number of imide groups is 1. The molecule has 0 aliphatic rings. The molecule has 8 nitrogen and oxygen atoms in total. The normalized spacial score (nSPS) is 10.1. The van der Waals surface area contributed by atoms with E-state index in [0.29, 0.717) is 11.4 Å². The van der Waals surface area contributed by atoms with Crippen LogP contribution in [0.25, 0.3) is 0 Å². The van der Waals surface area contributed by atoms with Gasteiger partial charge in [0.05, 0.1) is 11.9 Å². The van der Waals surface area contributed by atoms with E-state index in [1.54, 1.807) is 36.9 Å². The average molecular weight is 302 g/mol. The number of hydrogen-bond donors (Lipinski definition) is 1. The highest BCUT2D eigenvalue weighted by atomic mass is 16.5. The number of aromatic nitrogens is 3. The number of ether oxygens (including phenoxy) is 1. The Hall–Kier alpha value is -3.03. The first-order valence-electron chi connectivity index (χ1n) is 6.38. The largest absolute Gasteiger partial charge is 0.451 e. The second-order valence-corrected chi connectivity index (χ2v) is 4.50. The van der Waals surface area contributed by atoms with E-state index in [1.165, 1.54) is 12.4 Å². The van der Waals surface area contributed by atoms with E-state index in [0.717, 1.165) is 0 Å². The number of rotatable bonds is 4. The minimum atomic E-state index is -0.783. The van der Waals surface area contributed by atoms with Gasteiger partial charge in [0, 0.05) is 19.4 Å². The van der Waals surface area contributed by atoms with E-state index in [2.05, 4.69) is 15.3 Å². The third-order valence-electron chi connectivity index (χ3n) is 2.75. The van der Waals surface area contributed by atoms with Crippen molar-refractivity contribution >= 4 is 17.8 Å². The number of hydrogen-bond acceptors (Lipinski definition) is 6. The maximum absolute atomic E-state index is 11.8. The molecule has 0 saturated heterocycles. The van der Waals surface area contributed by atoms with Crippen LogP contribution < -0.4 is 5.32 Å². The lowest BCUT2D eigenvalue weighted by atomic mass is 10.4. The van der Waals surface area contributed by atoms with Crippen LogP contribution in [-0.2, 0) is 16.6 Å². The van der Waals surface area contributed by atoms with Gasteiger partial charge in [-0.2, -0.15) is 0 Å². The predicted molar refractivity (Wildman–Crippen MR) is 74.9 cm³/mol. The standard InChI is InChI=1S/C14H14N4O4/c1-9-6-16-10(7-15-9)14(21)22-8-12(19)17-13(20)11-4-3-5-18(11)2/h3-7H,8H2,1-2H3,(H,17,19,20). The summed E-state index contributed by atoms with van der Waals surface area (Å²) in [5.41, 5.74) is 0.971. The molecule has 2 aromatic rings. The molecule has 0 bridgehead atoms. The smallest absolute Gasteiger partial charge is 0.359 e. The molecule has 0 radical (unpaired) electrons. The van der Waals surface area contributed by atoms with Gasteiger partial charge in [0.15, 0.2) is 12.3 Å². The average Bonchev–Trinajstić information content (AvgIpc) is 2.91. The molecule has 0 aliphatic carbocycles. The maximum Gasteiger partial charge on any atom is 0.359 e. The van der Waals surface area contributed by atoms with Gasteiger partial charge < -0.3 is 9.30 Å². The van der Waals surface area contributed by atoms with Crippen molar-refractivity contribution < 1.29 is 19.1 Å². The molecule has 0 unspecified atom stereocenters. The first-order valence-corrected chi connectivity index (χ1v) is 6.38. The van der Waals surface area contributed by atoms with Crippen molar-refractivity contribution in [3.63, 3.8) is 0 Å². The Bertz CT molecular complexity index is 706. The van der Waals surface area contributed by atoms with Gasteiger partial charge in [-0.3, -0.25) is 19.9 Å². The van der Waals surface area contributed by atoms with Crippen LogP contribution in [-0.4, -0.2) is 38.9 Å². The number of amides is 2. The molecule has 2 heterocycles. The summed E-state index contributed by atoms with van der Waals surface area (Å²) in [6.45, 7) is 1.15. The summed E-state index contributed by atoms with van der Waals surface area (Å²) < 4.78 is 6.33. The lowest BCUT2D eigenvalue weighted by Gasteiger charge is -2.06. The number of carbonyl (C=O) groups is 3. The minimum absolute atomic E-state index is 0.00726. The summed E-state index contributed by atoms with van der Waals surface area (Å²) in [6, 6.07) is 3.24. The number of carbonyl (C=O) groups excluding carboxylic acids is 3. The van der Waals surface area contributed by atoms with E-state index < -0.39 is 24.4 Å². The van der Waals surface area contributed by atoms with E-state index >= 15 is 0 Å². The molecule has 0 aromatic carbocycles. The molecule has 0 fully saturated rings. The van der Waals surface area contributed by atoms with Crippen molar-refractivity contribution in [1.82, 2.24) is 19.9 Å². The number of nitrogens with one attached hydrogen (secondary N) is 1. The quantitative estimate of drug-likeness (QED) is 0.811. The lowest BCUT2D eigenvalue weighted by molar-refractivity contribution is -0.123. The van der Waals surface area contributed by atoms with Gasteiger partial charge in [0.1, 0.15) is 5.69 Å². The summed E-state index contributed by atoms with van der Waals surface area (Å²) in [4.78, 5) is 42.7. The van der Waals surface area contributed by atoms with Crippen LogP contribution >= 0.6 is 0 Å². The Morgan fingerprint density at radius 3 is 2.64 bits per heavy atom. The fraction of sp³-hybridized carbons (Fsp3) is 0.214. The molecule has 114 valence electrons. The van der Waals surface area contributed by atoms with E-state index in [-0.39, 0.29) is 5.69 Å². The second-order valence-electron chi connectivity index (χ2n) is 4.50. The Kier molecular flexibility index (Phi) is 4.62. The molecule has 2 amide bonds. The summed E-state index contributed by atoms with van der Waals surface area (Å²) >= 11 is 0. The lowest BCUT2D eigenvalue weighted by Crippen LogP contribution is -2.35. The van der Waals surface area contributed by atoms with Crippen molar-refractivity contribution in [2.75, 3.05) is 6.61 Å². The molecular weight excluding hydrogens is 288 g/mol. The molecule has 0 saturated carbocycles. The third-order valence-corrected chi connectivity index (χ3v) is 2.75. The van der Waals surface area contributed by atoms with Crippen molar-refractivity contribution in [2.45, 2.75) is 6.92 Å². The van der Waals surface area contributed by atoms with Crippen LogP contribution in [0.4, 0.5) is 0 Å². The van der Waals surface area contributed by atoms with Crippen LogP contribution in [0.2, 0.25) is 0 Å². The van der Waals surface area contributed by atoms with Crippen LogP contribution in [0.3, 0.4) is 0 Å². The van der Waals surface area contributed by atoms with Crippen LogP contribution in [0.15, 0.2) is 30.7 Å². The van der Waals surface area contributed by atoms with Gasteiger partial charge in [-0.25, -0.2) is 9.78 Å². The topological polar surface area (TPSA) is 103 Å². The molecule has 1 N–H and O–H groups in total. The molecule has 22 heavy (non-hydrogen) atoms. The van der Waals surface area contributed by atoms with Gasteiger partial charge in [-0.05, 0) is 19.1 Å². The van der Waals surface area contributed by atoms with Crippen molar-refractivity contribution in [1.29, 1.82) is 0 Å². The number of nitrogens with zero attached hydrogens (tertiary/aromatic N) is 3. The van der Waals surface area contributed by atoms with Crippen molar-refractivity contribution in [3.05, 3.63) is 47.8 Å². The fourth-order valence-corrected chi connectivity index (χ4v) is 1.63. The van der Waals surface area contributed by atoms with E-state index in [1.807, 2.05) is 0 Å². The minimum Gasteiger partial charge on any atom is -0.451 e. The van der Waals surface area contributed by atoms with E-state index in [4.69, 9.17) is 4.74 Å². The van der Waals surface area contributed by atoms with E-state index in [9.17, 15) is 14.4 Å².